The minimum atomic E-state index is -1.05. The Bertz CT molecular complexity index is 1550. The Kier molecular flexibility index (Phi) is 9.17. The number of likely N-dealkylation sites (tertiary alicyclic amines) is 1. The number of para-hydroxylation sites is 1. The van der Waals surface area contributed by atoms with Crippen LogP contribution in [0.3, 0.4) is 0 Å². The summed E-state index contributed by atoms with van der Waals surface area (Å²) in [6.45, 7) is 2.38. The third-order valence-corrected chi connectivity index (χ3v) is 7.17. The highest BCUT2D eigenvalue weighted by Gasteiger charge is 2.53. The first kappa shape index (κ1) is 29.1. The number of nitrogens with zero attached hydrogens (tertiary/aromatic N) is 1. The van der Waals surface area contributed by atoms with Crippen molar-refractivity contribution in [1.82, 2.24) is 10.2 Å². The number of urea groups is 1. The number of carboxylic acids is 1. The van der Waals surface area contributed by atoms with E-state index >= 15 is 0 Å². The molecule has 0 saturated carbocycles. The smallest absolute Gasteiger partial charge is 0.328 e. The zero-order valence-corrected chi connectivity index (χ0v) is 23.6. The molecule has 4 aromatic carbocycles. The van der Waals surface area contributed by atoms with Gasteiger partial charge in [0.1, 0.15) is 11.5 Å². The summed E-state index contributed by atoms with van der Waals surface area (Å²) in [6.07, 6.45) is 1.96. The van der Waals surface area contributed by atoms with Crippen molar-refractivity contribution in [2.24, 2.45) is 5.92 Å². The molecule has 0 bridgehead atoms. The van der Waals surface area contributed by atoms with Crippen LogP contribution in [0, 0.1) is 5.92 Å². The molecule has 0 spiro atoms. The van der Waals surface area contributed by atoms with Gasteiger partial charge in [0.25, 0.3) is 0 Å². The lowest BCUT2D eigenvalue weighted by Gasteiger charge is -2.45. The van der Waals surface area contributed by atoms with E-state index in [9.17, 15) is 14.4 Å². The Morgan fingerprint density at radius 2 is 1.49 bits per heavy atom. The van der Waals surface area contributed by atoms with E-state index in [-0.39, 0.29) is 5.91 Å². The highest BCUT2D eigenvalue weighted by Crippen LogP contribution is 2.35. The Balaban J connectivity index is 1.42. The molecule has 2 unspecified atom stereocenters. The SMILES string of the molecule is CCOc1ccccc1CC1C(=O)N(C(=O)NC(c2ccccc2)c2ccccc2)C1Oc1ccc(/C=C/C(=O)O)cc1. The summed E-state index contributed by atoms with van der Waals surface area (Å²) in [5, 5.41) is 12.0. The lowest BCUT2D eigenvalue weighted by molar-refractivity contribution is -0.166. The molecular weight excluding hydrogens is 544 g/mol. The van der Waals surface area contributed by atoms with Crippen LogP contribution < -0.4 is 14.8 Å². The summed E-state index contributed by atoms with van der Waals surface area (Å²) in [4.78, 5) is 39.4. The third-order valence-electron chi connectivity index (χ3n) is 7.17. The Morgan fingerprint density at radius 1 is 0.884 bits per heavy atom. The van der Waals surface area contributed by atoms with Crippen molar-refractivity contribution >= 4 is 24.0 Å². The number of benzene rings is 4. The van der Waals surface area contributed by atoms with Gasteiger partial charge < -0.3 is 19.9 Å². The average Bonchev–Trinajstić information content (AvgIpc) is 3.03. The summed E-state index contributed by atoms with van der Waals surface area (Å²) in [7, 11) is 0. The molecule has 218 valence electrons. The molecule has 2 atom stereocenters. The van der Waals surface area contributed by atoms with Gasteiger partial charge in [-0.25, -0.2) is 14.5 Å². The summed E-state index contributed by atoms with van der Waals surface area (Å²) in [5.41, 5.74) is 3.26. The average molecular weight is 577 g/mol. The van der Waals surface area contributed by atoms with Crippen molar-refractivity contribution in [3.63, 3.8) is 0 Å². The van der Waals surface area contributed by atoms with Crippen LogP contribution in [-0.2, 0) is 16.0 Å². The minimum Gasteiger partial charge on any atom is -0.494 e. The van der Waals surface area contributed by atoms with Crippen LogP contribution in [0.5, 0.6) is 11.5 Å². The minimum absolute atomic E-state index is 0.323. The number of imide groups is 1. The van der Waals surface area contributed by atoms with Crippen molar-refractivity contribution in [1.29, 1.82) is 0 Å². The predicted octanol–water partition coefficient (Wildman–Crippen LogP) is 6.09. The van der Waals surface area contributed by atoms with Crippen LogP contribution >= 0.6 is 0 Å². The standard InChI is InChI=1S/C35H32N2O6/c1-2-42-30-16-10-9-15-27(30)23-29-33(40)37(34(29)43-28-20-17-24(18-21-28)19-22-31(38)39)35(41)36-32(25-11-5-3-6-12-25)26-13-7-4-8-14-26/h3-22,29,32,34H,2,23H2,1H3,(H,36,41)(H,38,39)/b22-19+. The van der Waals surface area contributed by atoms with Crippen molar-refractivity contribution in [3.8, 4) is 11.5 Å². The molecule has 0 radical (unpaired) electrons. The second kappa shape index (κ2) is 13.5. The number of nitrogens with one attached hydrogen (secondary N) is 1. The van der Waals surface area contributed by atoms with Gasteiger partial charge in [0.15, 0.2) is 6.23 Å². The van der Waals surface area contributed by atoms with E-state index in [0.717, 1.165) is 27.7 Å². The quantitative estimate of drug-likeness (QED) is 0.165. The summed E-state index contributed by atoms with van der Waals surface area (Å²) in [6, 6.07) is 32.4. The van der Waals surface area contributed by atoms with Crippen LogP contribution in [0.1, 0.15) is 35.2 Å². The van der Waals surface area contributed by atoms with Crippen molar-refractivity contribution in [3.05, 3.63) is 138 Å². The number of β-lactam (4-membered cyclic amide) rings is 1. The molecule has 5 rings (SSSR count). The van der Waals surface area contributed by atoms with E-state index in [1.807, 2.05) is 91.9 Å². The first-order valence-corrected chi connectivity index (χ1v) is 14.1. The van der Waals surface area contributed by atoms with Gasteiger partial charge in [-0.2, -0.15) is 0 Å². The number of carbonyl (C=O) groups is 3. The van der Waals surface area contributed by atoms with Gasteiger partial charge in [-0.3, -0.25) is 4.79 Å². The molecule has 1 aliphatic heterocycles. The van der Waals surface area contributed by atoms with Gasteiger partial charge in [-0.1, -0.05) is 91.0 Å². The highest BCUT2D eigenvalue weighted by molar-refractivity contribution is 6.01. The van der Waals surface area contributed by atoms with E-state index in [1.54, 1.807) is 24.3 Å². The van der Waals surface area contributed by atoms with Crippen LogP contribution in [0.4, 0.5) is 4.79 Å². The van der Waals surface area contributed by atoms with E-state index in [0.29, 0.717) is 30.1 Å². The van der Waals surface area contributed by atoms with Gasteiger partial charge >= 0.3 is 12.0 Å². The first-order valence-electron chi connectivity index (χ1n) is 14.1. The predicted molar refractivity (Wildman–Crippen MR) is 162 cm³/mol. The molecule has 1 fully saturated rings. The molecule has 4 aromatic rings. The van der Waals surface area contributed by atoms with E-state index < -0.39 is 30.2 Å². The topological polar surface area (TPSA) is 105 Å². The van der Waals surface area contributed by atoms with E-state index in [2.05, 4.69) is 5.32 Å². The highest BCUT2D eigenvalue weighted by atomic mass is 16.5. The first-order chi connectivity index (χ1) is 20.9. The number of rotatable bonds is 11. The number of hydrogen-bond donors (Lipinski definition) is 2. The molecule has 8 heteroatoms. The van der Waals surface area contributed by atoms with Crippen molar-refractivity contribution < 1.29 is 29.0 Å². The van der Waals surface area contributed by atoms with Gasteiger partial charge in [0.2, 0.25) is 5.91 Å². The van der Waals surface area contributed by atoms with Gasteiger partial charge in [-0.15, -0.1) is 0 Å². The molecule has 1 heterocycles. The fourth-order valence-electron chi connectivity index (χ4n) is 5.08. The zero-order chi connectivity index (χ0) is 30.2. The lowest BCUT2D eigenvalue weighted by Crippen LogP contribution is -2.68. The van der Waals surface area contributed by atoms with Gasteiger partial charge in [0, 0.05) is 6.08 Å². The van der Waals surface area contributed by atoms with Crippen molar-refractivity contribution in [2.75, 3.05) is 6.61 Å². The summed E-state index contributed by atoms with van der Waals surface area (Å²) < 4.78 is 12.1. The van der Waals surface area contributed by atoms with E-state index in [4.69, 9.17) is 14.6 Å². The van der Waals surface area contributed by atoms with Crippen LogP contribution in [0.2, 0.25) is 0 Å². The molecule has 1 saturated heterocycles. The maximum atomic E-state index is 13.8. The number of carboxylic acid groups (broad SMARTS) is 1. The number of aliphatic carboxylic acids is 1. The summed E-state index contributed by atoms with van der Waals surface area (Å²) in [5.74, 6) is -0.911. The number of ether oxygens (including phenoxy) is 2. The fraction of sp³-hybridized carbons (Fsp3) is 0.171. The number of amides is 3. The number of carbonyl (C=O) groups excluding carboxylic acids is 2. The van der Waals surface area contributed by atoms with Crippen LogP contribution in [-0.4, -0.2) is 40.7 Å². The maximum Gasteiger partial charge on any atom is 0.328 e. The second-order valence-corrected chi connectivity index (χ2v) is 10.0. The molecular formula is C35H32N2O6. The van der Waals surface area contributed by atoms with Gasteiger partial charge in [0.05, 0.1) is 18.6 Å². The van der Waals surface area contributed by atoms with Crippen LogP contribution in [0.25, 0.3) is 6.08 Å². The molecule has 2 N–H and O–H groups in total. The van der Waals surface area contributed by atoms with E-state index in [1.165, 1.54) is 6.08 Å². The third kappa shape index (κ3) is 6.93. The zero-order valence-electron chi connectivity index (χ0n) is 23.6. The Labute approximate surface area is 250 Å². The molecule has 0 aliphatic carbocycles. The molecule has 43 heavy (non-hydrogen) atoms. The maximum absolute atomic E-state index is 13.8. The molecule has 3 amide bonds. The fourth-order valence-corrected chi connectivity index (χ4v) is 5.08. The number of hydrogen-bond acceptors (Lipinski definition) is 5. The normalized spacial score (nSPS) is 16.1. The second-order valence-electron chi connectivity index (χ2n) is 10.0. The van der Waals surface area contributed by atoms with Crippen molar-refractivity contribution in [2.45, 2.75) is 25.6 Å². The molecule has 1 aliphatic rings. The monoisotopic (exact) mass is 576 g/mol. The summed E-state index contributed by atoms with van der Waals surface area (Å²) >= 11 is 0. The Hall–Kier alpha value is -5.37. The molecule has 8 nitrogen and oxygen atoms in total. The molecule has 0 aromatic heterocycles. The lowest BCUT2D eigenvalue weighted by atomic mass is 9.88. The van der Waals surface area contributed by atoms with Crippen LogP contribution in [0.15, 0.2) is 115 Å². The van der Waals surface area contributed by atoms with Gasteiger partial charge in [-0.05, 0) is 59.9 Å². The Morgan fingerprint density at radius 3 is 2.09 bits per heavy atom. The largest absolute Gasteiger partial charge is 0.494 e.